The molecule has 0 aromatic heterocycles. The third kappa shape index (κ3) is 5.61. The fourth-order valence-electron chi connectivity index (χ4n) is 1.10. The number of rotatable bonds is 2. The van der Waals surface area contributed by atoms with Crippen molar-refractivity contribution in [2.45, 2.75) is 27.7 Å². The summed E-state index contributed by atoms with van der Waals surface area (Å²) in [7, 11) is 0. The zero-order valence-electron chi connectivity index (χ0n) is 10.8. The maximum atomic E-state index is 11.0. The molecule has 1 rings (SSSR count). The van der Waals surface area contributed by atoms with Crippen LogP contribution < -0.4 is 0 Å². The highest BCUT2D eigenvalue weighted by Gasteiger charge is 2.10. The summed E-state index contributed by atoms with van der Waals surface area (Å²) in [6.07, 6.45) is 0. The Labute approximate surface area is 102 Å². The molecular weight excluding hydrogens is 218 g/mol. The van der Waals surface area contributed by atoms with Gasteiger partial charge in [-0.05, 0) is 19.4 Å². The van der Waals surface area contributed by atoms with Crippen molar-refractivity contribution < 1.29 is 9.72 Å². The smallest absolute Gasteiger partial charge is 0.270 e. The first-order chi connectivity index (χ1) is 8.02. The Morgan fingerprint density at radius 2 is 1.76 bits per heavy atom. The third-order valence-electron chi connectivity index (χ3n) is 1.81. The Morgan fingerprint density at radius 3 is 2.12 bits per heavy atom. The number of nitro groups is 1. The lowest BCUT2D eigenvalue weighted by atomic mass is 10.1. The fraction of sp³-hybridized carbons (Fsp3) is 0.308. The van der Waals surface area contributed by atoms with Crippen molar-refractivity contribution in [2.75, 3.05) is 0 Å². The lowest BCUT2D eigenvalue weighted by molar-refractivity contribution is -0.384. The van der Waals surface area contributed by atoms with Crippen LogP contribution in [0.1, 0.15) is 36.7 Å². The van der Waals surface area contributed by atoms with Crippen LogP contribution in [0.3, 0.4) is 0 Å². The van der Waals surface area contributed by atoms with Gasteiger partial charge in [0, 0.05) is 17.7 Å². The predicted octanol–water partition coefficient (Wildman–Crippen LogP) is 3.93. The van der Waals surface area contributed by atoms with Crippen LogP contribution in [-0.2, 0) is 0 Å². The van der Waals surface area contributed by atoms with E-state index in [1.165, 1.54) is 19.1 Å². The maximum Gasteiger partial charge on any atom is 0.270 e. The van der Waals surface area contributed by atoms with Gasteiger partial charge in [-0.3, -0.25) is 14.9 Å². The predicted molar refractivity (Wildman–Crippen MR) is 70.4 cm³/mol. The van der Waals surface area contributed by atoms with Gasteiger partial charge in [-0.25, -0.2) is 0 Å². The second-order valence-electron chi connectivity index (χ2n) is 2.81. The largest absolute Gasteiger partial charge is 0.294 e. The highest BCUT2D eigenvalue weighted by molar-refractivity contribution is 5.96. The molecule has 0 heterocycles. The summed E-state index contributed by atoms with van der Waals surface area (Å²) in [6.45, 7) is 13.1. The van der Waals surface area contributed by atoms with Crippen LogP contribution in [0.2, 0.25) is 0 Å². The molecule has 0 unspecified atom stereocenters. The molecule has 0 N–H and O–H groups in total. The van der Waals surface area contributed by atoms with Gasteiger partial charge < -0.3 is 0 Å². The highest BCUT2D eigenvalue weighted by Crippen LogP contribution is 2.17. The van der Waals surface area contributed by atoms with E-state index in [-0.39, 0.29) is 11.5 Å². The Hall–Kier alpha value is -1.97. The standard InChI is InChI=1S/C9H9NO3.C2H6.C2H4/c1-6-3-4-8(10(12)13)5-9(6)7(2)11;2*1-2/h3-5H,1-2H3;1-2H3;1-2H2. The molecule has 4 heteroatoms. The van der Waals surface area contributed by atoms with E-state index in [2.05, 4.69) is 13.2 Å². The maximum absolute atomic E-state index is 11.0. The summed E-state index contributed by atoms with van der Waals surface area (Å²) in [5.74, 6) is -0.152. The first-order valence-electron chi connectivity index (χ1n) is 5.28. The number of nitrogens with zero attached hydrogens (tertiary/aromatic N) is 1. The zero-order valence-corrected chi connectivity index (χ0v) is 10.8. The molecule has 0 radical (unpaired) electrons. The normalized spacial score (nSPS) is 8.00. The van der Waals surface area contributed by atoms with E-state index in [1.807, 2.05) is 13.8 Å². The second kappa shape index (κ2) is 9.27. The molecule has 0 aliphatic rings. The summed E-state index contributed by atoms with van der Waals surface area (Å²) >= 11 is 0. The van der Waals surface area contributed by atoms with Gasteiger partial charge >= 0.3 is 0 Å². The van der Waals surface area contributed by atoms with Gasteiger partial charge in [-0.2, -0.15) is 0 Å². The lowest BCUT2D eigenvalue weighted by Gasteiger charge is -2.00. The van der Waals surface area contributed by atoms with Gasteiger partial charge in [-0.15, -0.1) is 13.2 Å². The van der Waals surface area contributed by atoms with Crippen molar-refractivity contribution in [1.29, 1.82) is 0 Å². The molecule has 0 bridgehead atoms. The second-order valence-corrected chi connectivity index (χ2v) is 2.81. The number of aryl methyl sites for hydroxylation is 1. The molecule has 94 valence electrons. The van der Waals surface area contributed by atoms with Crippen LogP contribution in [0.15, 0.2) is 31.4 Å². The topological polar surface area (TPSA) is 60.2 Å². The van der Waals surface area contributed by atoms with Crippen LogP contribution in [0.5, 0.6) is 0 Å². The minimum absolute atomic E-state index is 0.0456. The highest BCUT2D eigenvalue weighted by atomic mass is 16.6. The quantitative estimate of drug-likeness (QED) is 0.339. The van der Waals surface area contributed by atoms with Crippen LogP contribution in [0.4, 0.5) is 5.69 Å². The Balaban J connectivity index is 0. The number of ketones is 1. The molecule has 0 aliphatic carbocycles. The van der Waals surface area contributed by atoms with Gasteiger partial charge in [0.1, 0.15) is 0 Å². The van der Waals surface area contributed by atoms with Crippen molar-refractivity contribution in [1.82, 2.24) is 0 Å². The molecule has 1 aromatic rings. The molecule has 0 atom stereocenters. The Bertz CT molecular complexity index is 386. The SMILES string of the molecule is C=C.CC.CC(=O)c1cc([N+](=O)[O-])ccc1C. The van der Waals surface area contributed by atoms with Crippen molar-refractivity contribution in [3.8, 4) is 0 Å². The molecule has 4 nitrogen and oxygen atoms in total. The lowest BCUT2D eigenvalue weighted by Crippen LogP contribution is -1.98. The Kier molecular flexibility index (Phi) is 9.50. The van der Waals surface area contributed by atoms with Crippen LogP contribution in [0, 0.1) is 17.0 Å². The van der Waals surface area contributed by atoms with Crippen molar-refractivity contribution in [2.24, 2.45) is 0 Å². The number of nitro benzene ring substituents is 1. The van der Waals surface area contributed by atoms with E-state index < -0.39 is 4.92 Å². The third-order valence-corrected chi connectivity index (χ3v) is 1.81. The average molecular weight is 237 g/mol. The molecule has 17 heavy (non-hydrogen) atoms. The zero-order chi connectivity index (χ0) is 14.0. The van der Waals surface area contributed by atoms with Crippen molar-refractivity contribution >= 4 is 11.5 Å². The molecule has 0 fully saturated rings. The number of non-ortho nitro benzene ring substituents is 1. The number of Topliss-reactive ketones (excluding diaryl/α,β-unsaturated/α-hetero) is 1. The number of hydrogen-bond acceptors (Lipinski definition) is 3. The summed E-state index contributed by atoms with van der Waals surface area (Å²) in [4.78, 5) is 20.9. The monoisotopic (exact) mass is 237 g/mol. The molecule has 0 spiro atoms. The van der Waals surface area contributed by atoms with Gasteiger partial charge in [0.15, 0.2) is 5.78 Å². The minimum Gasteiger partial charge on any atom is -0.294 e. The van der Waals surface area contributed by atoms with Crippen LogP contribution in [-0.4, -0.2) is 10.7 Å². The van der Waals surface area contributed by atoms with E-state index in [1.54, 1.807) is 13.0 Å². The number of carbonyl (C=O) groups is 1. The summed E-state index contributed by atoms with van der Waals surface area (Å²) in [6, 6.07) is 4.27. The summed E-state index contributed by atoms with van der Waals surface area (Å²) < 4.78 is 0. The summed E-state index contributed by atoms with van der Waals surface area (Å²) in [5, 5.41) is 10.4. The van der Waals surface area contributed by atoms with Crippen molar-refractivity contribution in [3.63, 3.8) is 0 Å². The first-order valence-corrected chi connectivity index (χ1v) is 5.28. The van der Waals surface area contributed by atoms with Gasteiger partial charge in [-0.1, -0.05) is 19.9 Å². The van der Waals surface area contributed by atoms with E-state index in [9.17, 15) is 14.9 Å². The molecule has 0 saturated heterocycles. The average Bonchev–Trinajstić information content (AvgIpc) is 2.34. The van der Waals surface area contributed by atoms with Crippen molar-refractivity contribution in [3.05, 3.63) is 52.6 Å². The number of hydrogen-bond donors (Lipinski definition) is 0. The van der Waals surface area contributed by atoms with Crippen LogP contribution >= 0.6 is 0 Å². The van der Waals surface area contributed by atoms with Gasteiger partial charge in [0.05, 0.1) is 4.92 Å². The first kappa shape index (κ1) is 17.4. The van der Waals surface area contributed by atoms with E-state index >= 15 is 0 Å². The molecule has 1 aromatic carbocycles. The number of benzene rings is 1. The van der Waals surface area contributed by atoms with E-state index in [0.717, 1.165) is 5.56 Å². The van der Waals surface area contributed by atoms with E-state index in [4.69, 9.17) is 0 Å². The van der Waals surface area contributed by atoms with E-state index in [0.29, 0.717) is 5.56 Å². The molecule has 0 amide bonds. The van der Waals surface area contributed by atoms with Gasteiger partial charge in [0.2, 0.25) is 0 Å². The molecule has 0 saturated carbocycles. The molecule has 0 aliphatic heterocycles. The van der Waals surface area contributed by atoms with Gasteiger partial charge in [0.25, 0.3) is 5.69 Å². The Morgan fingerprint density at radius 1 is 1.29 bits per heavy atom. The fourth-order valence-corrected chi connectivity index (χ4v) is 1.10. The molecular formula is C13H19NO3. The van der Waals surface area contributed by atoms with Crippen LogP contribution in [0.25, 0.3) is 0 Å². The number of carbonyl (C=O) groups excluding carboxylic acids is 1. The summed E-state index contributed by atoms with van der Waals surface area (Å²) in [5.41, 5.74) is 1.13. The minimum atomic E-state index is -0.508.